The van der Waals surface area contributed by atoms with E-state index in [0.29, 0.717) is 11.5 Å². The molecule has 1 N–H and O–H groups in total. The standard InChI is InChI=1S/C19H16N4O/c1-13-18-19(23(22-13)15-10-6-3-7-11-15)21-17(24)12-16(20-18)14-8-4-2-5-9-14/h2-11H,12H2,1H3,(H,21,24). The Morgan fingerprint density at radius 3 is 2.38 bits per heavy atom. The number of hydrogen-bond donors (Lipinski definition) is 1. The lowest BCUT2D eigenvalue weighted by Crippen LogP contribution is -2.17. The number of rotatable bonds is 2. The number of amides is 1. The molecule has 0 aliphatic carbocycles. The van der Waals surface area contributed by atoms with Crippen molar-refractivity contribution in [3.8, 4) is 5.69 Å². The van der Waals surface area contributed by atoms with Crippen molar-refractivity contribution in [1.29, 1.82) is 0 Å². The molecule has 0 bridgehead atoms. The van der Waals surface area contributed by atoms with Crippen LogP contribution < -0.4 is 5.32 Å². The molecule has 2 aromatic carbocycles. The number of nitrogens with zero attached hydrogens (tertiary/aromatic N) is 3. The SMILES string of the molecule is Cc1nn(-c2ccccc2)c2c1N=C(c1ccccc1)CC(=O)N2. The maximum atomic E-state index is 12.4. The fourth-order valence-electron chi connectivity index (χ4n) is 2.82. The molecule has 2 heterocycles. The van der Waals surface area contributed by atoms with Crippen LogP contribution in [0.1, 0.15) is 17.7 Å². The highest BCUT2D eigenvalue weighted by Gasteiger charge is 2.23. The summed E-state index contributed by atoms with van der Waals surface area (Å²) in [4.78, 5) is 17.1. The summed E-state index contributed by atoms with van der Waals surface area (Å²) in [7, 11) is 0. The van der Waals surface area contributed by atoms with Gasteiger partial charge in [0.05, 0.1) is 23.5 Å². The third kappa shape index (κ3) is 2.50. The Bertz CT molecular complexity index is 927. The Morgan fingerprint density at radius 2 is 1.67 bits per heavy atom. The van der Waals surface area contributed by atoms with Gasteiger partial charge in [-0.2, -0.15) is 5.10 Å². The number of fused-ring (bicyclic) bond motifs is 1. The maximum Gasteiger partial charge on any atom is 0.231 e. The molecule has 0 saturated carbocycles. The van der Waals surface area contributed by atoms with Crippen molar-refractivity contribution >= 4 is 23.1 Å². The molecule has 1 aliphatic rings. The van der Waals surface area contributed by atoms with Gasteiger partial charge in [-0.3, -0.25) is 4.79 Å². The Balaban J connectivity index is 1.88. The molecule has 5 heteroatoms. The second-order valence-corrected chi connectivity index (χ2v) is 5.68. The predicted molar refractivity (Wildman–Crippen MR) is 94.2 cm³/mol. The third-order valence-corrected chi connectivity index (χ3v) is 3.97. The number of carbonyl (C=O) groups is 1. The fourth-order valence-corrected chi connectivity index (χ4v) is 2.82. The predicted octanol–water partition coefficient (Wildman–Crippen LogP) is 3.64. The molecule has 0 atom stereocenters. The number of benzene rings is 2. The van der Waals surface area contributed by atoms with Crippen molar-refractivity contribution in [3.05, 3.63) is 71.9 Å². The van der Waals surface area contributed by atoms with E-state index >= 15 is 0 Å². The van der Waals surface area contributed by atoms with E-state index in [2.05, 4.69) is 10.4 Å². The Hall–Kier alpha value is -3.21. The van der Waals surface area contributed by atoms with Gasteiger partial charge in [0.1, 0.15) is 5.69 Å². The maximum absolute atomic E-state index is 12.4. The minimum Gasteiger partial charge on any atom is -0.308 e. The van der Waals surface area contributed by atoms with Crippen molar-refractivity contribution in [2.45, 2.75) is 13.3 Å². The Morgan fingerprint density at radius 1 is 1.00 bits per heavy atom. The molecule has 0 spiro atoms. The molecule has 4 rings (SSSR count). The van der Waals surface area contributed by atoms with Crippen LogP contribution in [0.4, 0.5) is 11.5 Å². The number of carbonyl (C=O) groups excluding carboxylic acids is 1. The number of para-hydroxylation sites is 1. The summed E-state index contributed by atoms with van der Waals surface area (Å²) in [5.41, 5.74) is 4.09. The van der Waals surface area contributed by atoms with E-state index in [1.54, 1.807) is 4.68 Å². The molecule has 0 unspecified atom stereocenters. The summed E-state index contributed by atoms with van der Waals surface area (Å²) in [6, 6.07) is 19.5. The number of aliphatic imine (C=N–C) groups is 1. The highest BCUT2D eigenvalue weighted by molar-refractivity contribution is 6.16. The van der Waals surface area contributed by atoms with E-state index in [4.69, 9.17) is 4.99 Å². The van der Waals surface area contributed by atoms with Crippen LogP contribution in [-0.2, 0) is 4.79 Å². The average Bonchev–Trinajstić information content (AvgIpc) is 2.80. The van der Waals surface area contributed by atoms with Crippen molar-refractivity contribution < 1.29 is 4.79 Å². The lowest BCUT2D eigenvalue weighted by molar-refractivity contribution is -0.115. The number of aryl methyl sites for hydroxylation is 1. The highest BCUT2D eigenvalue weighted by atomic mass is 16.1. The van der Waals surface area contributed by atoms with Gasteiger partial charge in [-0.25, -0.2) is 9.67 Å². The van der Waals surface area contributed by atoms with E-state index in [1.165, 1.54) is 0 Å². The van der Waals surface area contributed by atoms with Crippen molar-refractivity contribution in [2.24, 2.45) is 4.99 Å². The normalized spacial score (nSPS) is 13.7. The zero-order valence-electron chi connectivity index (χ0n) is 13.2. The number of aromatic nitrogens is 2. The Labute approximate surface area is 139 Å². The van der Waals surface area contributed by atoms with E-state index in [0.717, 1.165) is 22.7 Å². The van der Waals surface area contributed by atoms with Crippen LogP contribution in [0, 0.1) is 6.92 Å². The molecule has 0 saturated heterocycles. The monoisotopic (exact) mass is 316 g/mol. The third-order valence-electron chi connectivity index (χ3n) is 3.97. The average molecular weight is 316 g/mol. The van der Waals surface area contributed by atoms with Gasteiger partial charge in [-0.05, 0) is 24.6 Å². The smallest absolute Gasteiger partial charge is 0.231 e. The van der Waals surface area contributed by atoms with Gasteiger partial charge >= 0.3 is 0 Å². The summed E-state index contributed by atoms with van der Waals surface area (Å²) in [6.07, 6.45) is 0.243. The molecule has 0 fully saturated rings. The van der Waals surface area contributed by atoms with Crippen LogP contribution in [-0.4, -0.2) is 21.4 Å². The molecule has 1 aromatic heterocycles. The van der Waals surface area contributed by atoms with Crippen LogP contribution in [0.5, 0.6) is 0 Å². The van der Waals surface area contributed by atoms with E-state index in [9.17, 15) is 4.79 Å². The molecule has 5 nitrogen and oxygen atoms in total. The summed E-state index contributed by atoms with van der Waals surface area (Å²) < 4.78 is 1.74. The van der Waals surface area contributed by atoms with E-state index in [1.807, 2.05) is 67.6 Å². The summed E-state index contributed by atoms with van der Waals surface area (Å²) in [5.74, 6) is 0.531. The van der Waals surface area contributed by atoms with Crippen LogP contribution in [0.15, 0.2) is 65.7 Å². The number of anilines is 1. The van der Waals surface area contributed by atoms with Gasteiger partial charge in [-0.1, -0.05) is 48.5 Å². The number of nitrogens with one attached hydrogen (secondary N) is 1. The largest absolute Gasteiger partial charge is 0.308 e. The zero-order chi connectivity index (χ0) is 16.5. The summed E-state index contributed by atoms with van der Waals surface area (Å²) in [5, 5.41) is 7.52. The topological polar surface area (TPSA) is 59.3 Å². The van der Waals surface area contributed by atoms with Gasteiger partial charge in [0.15, 0.2) is 5.82 Å². The van der Waals surface area contributed by atoms with Gasteiger partial charge in [0.2, 0.25) is 5.91 Å². The second-order valence-electron chi connectivity index (χ2n) is 5.68. The first-order valence-electron chi connectivity index (χ1n) is 7.80. The Kier molecular flexibility index (Phi) is 3.46. The molecule has 118 valence electrons. The van der Waals surface area contributed by atoms with Gasteiger partial charge < -0.3 is 5.32 Å². The quantitative estimate of drug-likeness (QED) is 0.784. The van der Waals surface area contributed by atoms with Crippen LogP contribution in [0.2, 0.25) is 0 Å². The first-order chi connectivity index (χ1) is 11.7. The van der Waals surface area contributed by atoms with Crippen molar-refractivity contribution in [1.82, 2.24) is 9.78 Å². The van der Waals surface area contributed by atoms with Crippen LogP contribution >= 0.6 is 0 Å². The zero-order valence-corrected chi connectivity index (χ0v) is 13.2. The summed E-state index contributed by atoms with van der Waals surface area (Å²) >= 11 is 0. The molecule has 1 aliphatic heterocycles. The van der Waals surface area contributed by atoms with Crippen LogP contribution in [0.3, 0.4) is 0 Å². The van der Waals surface area contributed by atoms with Gasteiger partial charge in [0, 0.05) is 0 Å². The van der Waals surface area contributed by atoms with E-state index in [-0.39, 0.29) is 12.3 Å². The highest BCUT2D eigenvalue weighted by Crippen LogP contribution is 2.34. The molecule has 0 radical (unpaired) electrons. The van der Waals surface area contributed by atoms with Gasteiger partial charge in [-0.15, -0.1) is 0 Å². The molecule has 1 amide bonds. The van der Waals surface area contributed by atoms with Gasteiger partial charge in [0.25, 0.3) is 0 Å². The second kappa shape index (κ2) is 5.77. The molecule has 24 heavy (non-hydrogen) atoms. The lowest BCUT2D eigenvalue weighted by Gasteiger charge is -2.07. The minimum absolute atomic E-state index is 0.0894. The van der Waals surface area contributed by atoms with Crippen LogP contribution in [0.25, 0.3) is 5.69 Å². The lowest BCUT2D eigenvalue weighted by atomic mass is 10.1. The van der Waals surface area contributed by atoms with E-state index < -0.39 is 0 Å². The van der Waals surface area contributed by atoms with Crippen molar-refractivity contribution in [2.75, 3.05) is 5.32 Å². The first-order valence-corrected chi connectivity index (χ1v) is 7.80. The minimum atomic E-state index is -0.0894. The molecular formula is C19H16N4O. The number of hydrogen-bond acceptors (Lipinski definition) is 3. The van der Waals surface area contributed by atoms with Crippen molar-refractivity contribution in [3.63, 3.8) is 0 Å². The molecule has 3 aromatic rings. The summed E-state index contributed by atoms with van der Waals surface area (Å²) in [6.45, 7) is 1.90. The first kappa shape index (κ1) is 14.4. The molecular weight excluding hydrogens is 300 g/mol. The fraction of sp³-hybridized carbons (Fsp3) is 0.105.